The minimum absolute atomic E-state index is 0.0973. The second-order valence-corrected chi connectivity index (χ2v) is 11.6. The Morgan fingerprint density at radius 3 is 2.50 bits per heavy atom. The molecule has 186 valence electrons. The number of hydrogen-bond donors (Lipinski definition) is 0. The molecule has 0 bridgehead atoms. The minimum atomic E-state index is 0.0973. The minimum Gasteiger partial charge on any atom is -0.295 e. The highest BCUT2D eigenvalue weighted by molar-refractivity contribution is 5.93. The summed E-state index contributed by atoms with van der Waals surface area (Å²) in [5.74, 6) is 2.72. The lowest BCUT2D eigenvalue weighted by Crippen LogP contribution is -2.32. The molecule has 0 aromatic heterocycles. The van der Waals surface area contributed by atoms with Crippen LogP contribution in [0.15, 0.2) is 48.6 Å². The number of hydrogen-bond acceptors (Lipinski definition) is 2. The number of benzene rings is 1. The van der Waals surface area contributed by atoms with Crippen LogP contribution in [-0.4, -0.2) is 5.78 Å². The molecular formula is C32H47NO. The molecule has 2 rings (SSSR count). The first kappa shape index (κ1) is 28.1. The monoisotopic (exact) mass is 461 g/mol. The summed E-state index contributed by atoms with van der Waals surface area (Å²) < 4.78 is 0. The van der Waals surface area contributed by atoms with E-state index >= 15 is 0 Å². The number of allylic oxidation sites excluding steroid dienone is 2. The van der Waals surface area contributed by atoms with Gasteiger partial charge in [0, 0.05) is 6.42 Å². The van der Waals surface area contributed by atoms with Gasteiger partial charge in [0.15, 0.2) is 5.78 Å². The van der Waals surface area contributed by atoms with E-state index in [0.717, 1.165) is 44.1 Å². The van der Waals surface area contributed by atoms with E-state index in [4.69, 9.17) is 0 Å². The van der Waals surface area contributed by atoms with Crippen molar-refractivity contribution in [1.29, 1.82) is 5.26 Å². The summed E-state index contributed by atoms with van der Waals surface area (Å²) >= 11 is 0. The fourth-order valence-electron chi connectivity index (χ4n) is 6.11. The van der Waals surface area contributed by atoms with Gasteiger partial charge in [0.25, 0.3) is 0 Å². The first-order valence-electron chi connectivity index (χ1n) is 13.4. The van der Waals surface area contributed by atoms with E-state index in [-0.39, 0.29) is 17.1 Å². The molecule has 1 aromatic rings. The number of carbonyl (C=O) groups excluding carboxylic acids is 1. The maximum Gasteiger partial charge on any atom is 0.155 e. The third-order valence-electron chi connectivity index (χ3n) is 8.65. The van der Waals surface area contributed by atoms with Gasteiger partial charge in [-0.2, -0.15) is 5.26 Å². The van der Waals surface area contributed by atoms with E-state index in [9.17, 15) is 10.1 Å². The zero-order chi connectivity index (χ0) is 25.3. The van der Waals surface area contributed by atoms with E-state index in [1.165, 1.54) is 5.57 Å². The lowest BCUT2D eigenvalue weighted by Gasteiger charge is -2.43. The van der Waals surface area contributed by atoms with Crippen LogP contribution in [0.3, 0.4) is 0 Å². The number of carbonyl (C=O) groups is 1. The highest BCUT2D eigenvalue weighted by atomic mass is 16.1. The van der Waals surface area contributed by atoms with Gasteiger partial charge < -0.3 is 0 Å². The van der Waals surface area contributed by atoms with Gasteiger partial charge in [-0.1, -0.05) is 96.5 Å². The van der Waals surface area contributed by atoms with Crippen molar-refractivity contribution in [2.24, 2.45) is 40.9 Å². The maximum absolute atomic E-state index is 12.7. The molecule has 1 aromatic carbocycles. The van der Waals surface area contributed by atoms with Gasteiger partial charge in [-0.15, -0.1) is 0 Å². The number of nitrogens with zero attached hydrogens (tertiary/aromatic N) is 1. The summed E-state index contributed by atoms with van der Waals surface area (Å²) in [6.45, 7) is 18.2. The molecule has 2 heteroatoms. The molecular weight excluding hydrogens is 414 g/mol. The van der Waals surface area contributed by atoms with Gasteiger partial charge in [-0.25, -0.2) is 0 Å². The Kier molecular flexibility index (Phi) is 10.8. The number of rotatable bonds is 12. The van der Waals surface area contributed by atoms with Gasteiger partial charge >= 0.3 is 0 Å². The van der Waals surface area contributed by atoms with Gasteiger partial charge in [0.1, 0.15) is 0 Å². The summed E-state index contributed by atoms with van der Waals surface area (Å²) in [6, 6.07) is 12.6. The van der Waals surface area contributed by atoms with E-state index < -0.39 is 0 Å². The van der Waals surface area contributed by atoms with Crippen LogP contribution in [-0.2, 0) is 4.79 Å². The summed E-state index contributed by atoms with van der Waals surface area (Å²) in [5.41, 5.74) is 2.51. The lowest BCUT2D eigenvalue weighted by atomic mass is 9.62. The van der Waals surface area contributed by atoms with Crippen molar-refractivity contribution in [3.8, 4) is 6.07 Å². The molecule has 0 spiro atoms. The molecule has 34 heavy (non-hydrogen) atoms. The highest BCUT2D eigenvalue weighted by Crippen LogP contribution is 2.49. The van der Waals surface area contributed by atoms with E-state index in [0.29, 0.717) is 36.0 Å². The first-order chi connectivity index (χ1) is 16.1. The Bertz CT molecular complexity index is 863. The van der Waals surface area contributed by atoms with Crippen LogP contribution < -0.4 is 0 Å². The Morgan fingerprint density at radius 1 is 1.21 bits per heavy atom. The van der Waals surface area contributed by atoms with Crippen LogP contribution in [0.5, 0.6) is 0 Å². The molecule has 0 heterocycles. The Balaban J connectivity index is 1.94. The Labute approximate surface area is 209 Å². The van der Waals surface area contributed by atoms with Crippen LogP contribution in [0.2, 0.25) is 0 Å². The molecule has 0 radical (unpaired) electrons. The van der Waals surface area contributed by atoms with Crippen molar-refractivity contribution in [1.82, 2.24) is 0 Å². The summed E-state index contributed by atoms with van der Waals surface area (Å²) in [6.07, 6.45) is 10.8. The van der Waals surface area contributed by atoms with Crippen molar-refractivity contribution >= 4 is 11.9 Å². The quantitative estimate of drug-likeness (QED) is 0.230. The normalized spacial score (nSPS) is 26.4. The Hall–Kier alpha value is -2.14. The van der Waals surface area contributed by atoms with E-state index in [2.05, 4.69) is 54.2 Å². The van der Waals surface area contributed by atoms with E-state index in [1.54, 1.807) is 6.08 Å². The third-order valence-corrected chi connectivity index (χ3v) is 8.65. The molecule has 4 unspecified atom stereocenters. The summed E-state index contributed by atoms with van der Waals surface area (Å²) in [7, 11) is 0. The molecule has 1 aliphatic carbocycles. The largest absolute Gasteiger partial charge is 0.295 e. The second-order valence-electron chi connectivity index (χ2n) is 11.6. The standard InChI is InChI=1S/C32H47NO/c1-8-24(3)31(22-33)27(6)25(4)14-15-26(5)32(7)20-23(2)18-29(21-32)19-30(34)17-16-28-12-10-9-11-13-28/h9-13,16-17,23-25,27,29,31H,5,8,14-15,18-21H2,1-4,6-7H3/b17-16+/t23-,24?,25?,27?,29+,31?,32+/m0/s1. The zero-order valence-corrected chi connectivity index (χ0v) is 22.5. The number of ketones is 1. The SMILES string of the molecule is C=C(CCC(C)C(C)C(C#N)C(C)CC)[C@]1(C)C[C@@H](C)C[C@H](CC(=O)/C=C/c2ccccc2)C1. The smallest absolute Gasteiger partial charge is 0.155 e. The molecule has 1 aliphatic rings. The molecule has 0 N–H and O–H groups in total. The topological polar surface area (TPSA) is 40.9 Å². The van der Waals surface area contributed by atoms with Crippen LogP contribution in [0.4, 0.5) is 0 Å². The average Bonchev–Trinajstić information content (AvgIpc) is 2.81. The number of nitriles is 1. The highest BCUT2D eigenvalue weighted by Gasteiger charge is 2.38. The predicted molar refractivity (Wildman–Crippen MR) is 145 cm³/mol. The lowest BCUT2D eigenvalue weighted by molar-refractivity contribution is -0.116. The van der Waals surface area contributed by atoms with Crippen molar-refractivity contribution in [2.75, 3.05) is 0 Å². The van der Waals surface area contributed by atoms with Gasteiger partial charge in [-0.3, -0.25) is 4.79 Å². The molecule has 0 amide bonds. The zero-order valence-electron chi connectivity index (χ0n) is 22.5. The summed E-state index contributed by atoms with van der Waals surface area (Å²) in [4.78, 5) is 12.7. The van der Waals surface area contributed by atoms with Crippen molar-refractivity contribution in [3.05, 3.63) is 54.1 Å². The van der Waals surface area contributed by atoms with Gasteiger partial charge in [-0.05, 0) is 78.7 Å². The van der Waals surface area contributed by atoms with Gasteiger partial charge in [0.2, 0.25) is 0 Å². The van der Waals surface area contributed by atoms with Crippen molar-refractivity contribution < 1.29 is 4.79 Å². The fourth-order valence-corrected chi connectivity index (χ4v) is 6.11. The average molecular weight is 462 g/mol. The third kappa shape index (κ3) is 7.97. The molecule has 2 nitrogen and oxygen atoms in total. The maximum atomic E-state index is 12.7. The van der Waals surface area contributed by atoms with Crippen molar-refractivity contribution in [2.45, 2.75) is 86.5 Å². The molecule has 0 aliphatic heterocycles. The molecule has 0 saturated heterocycles. The Morgan fingerprint density at radius 2 is 1.88 bits per heavy atom. The molecule has 1 saturated carbocycles. The fraction of sp³-hybridized carbons (Fsp3) is 0.625. The second kappa shape index (κ2) is 13.1. The van der Waals surface area contributed by atoms with E-state index in [1.807, 2.05) is 36.4 Å². The first-order valence-corrected chi connectivity index (χ1v) is 13.4. The van der Waals surface area contributed by atoms with Crippen LogP contribution >= 0.6 is 0 Å². The van der Waals surface area contributed by atoms with Crippen LogP contribution in [0.1, 0.15) is 92.1 Å². The summed E-state index contributed by atoms with van der Waals surface area (Å²) in [5, 5.41) is 9.70. The molecule has 7 atom stereocenters. The van der Waals surface area contributed by atoms with Gasteiger partial charge in [0.05, 0.1) is 12.0 Å². The predicted octanol–water partition coefficient (Wildman–Crippen LogP) is 8.90. The van der Waals surface area contributed by atoms with Crippen molar-refractivity contribution in [3.63, 3.8) is 0 Å². The van der Waals surface area contributed by atoms with Crippen LogP contribution in [0, 0.1) is 52.3 Å². The molecule has 1 fully saturated rings. The van der Waals surface area contributed by atoms with Crippen LogP contribution in [0.25, 0.3) is 6.08 Å².